The molecule has 0 aliphatic heterocycles. The molecule has 0 fully saturated rings. The summed E-state index contributed by atoms with van der Waals surface area (Å²) in [5, 5.41) is 12.2. The van der Waals surface area contributed by atoms with Crippen LogP contribution in [0.1, 0.15) is 17.5 Å². The molecule has 2 aromatic carbocycles. The number of hydrogen-bond acceptors (Lipinski definition) is 5. The molecule has 0 aliphatic rings. The van der Waals surface area contributed by atoms with Gasteiger partial charge in [0, 0.05) is 24.1 Å². The van der Waals surface area contributed by atoms with Crippen molar-refractivity contribution in [3.05, 3.63) is 71.8 Å². The van der Waals surface area contributed by atoms with Crippen LogP contribution in [0.5, 0.6) is 11.6 Å². The first-order valence-electron chi connectivity index (χ1n) is 9.32. The molecule has 6 nitrogen and oxygen atoms in total. The Kier molecular flexibility index (Phi) is 6.68. The molecule has 0 radical (unpaired) electrons. The van der Waals surface area contributed by atoms with E-state index >= 15 is 0 Å². The number of aromatic nitrogens is 1. The number of methoxy groups -OCH3 is 2. The van der Waals surface area contributed by atoms with Crippen molar-refractivity contribution in [1.82, 2.24) is 4.98 Å². The van der Waals surface area contributed by atoms with Crippen LogP contribution in [0, 0.1) is 0 Å². The molecule has 0 unspecified atom stereocenters. The zero-order valence-electron chi connectivity index (χ0n) is 16.5. The highest BCUT2D eigenvalue weighted by Gasteiger charge is 2.10. The van der Waals surface area contributed by atoms with E-state index in [0.29, 0.717) is 24.6 Å². The van der Waals surface area contributed by atoms with Gasteiger partial charge in [0.25, 0.3) is 0 Å². The van der Waals surface area contributed by atoms with Gasteiger partial charge in [0.2, 0.25) is 5.88 Å². The minimum atomic E-state index is -0.815. The molecule has 0 bridgehead atoms. The van der Waals surface area contributed by atoms with Crippen molar-refractivity contribution in [2.45, 2.75) is 19.4 Å². The Morgan fingerprint density at radius 2 is 1.83 bits per heavy atom. The molecule has 1 heterocycles. The summed E-state index contributed by atoms with van der Waals surface area (Å²) in [7, 11) is 3.21. The molecule has 0 amide bonds. The van der Waals surface area contributed by atoms with E-state index in [9.17, 15) is 4.79 Å². The second-order valence-corrected chi connectivity index (χ2v) is 6.51. The number of aryl methyl sites for hydroxylation is 1. The van der Waals surface area contributed by atoms with E-state index in [-0.39, 0.29) is 6.42 Å². The number of pyridine rings is 1. The molecular weight excluding hydrogens is 368 g/mol. The van der Waals surface area contributed by atoms with Gasteiger partial charge < -0.3 is 19.9 Å². The number of nitrogens with one attached hydrogen (secondary N) is 1. The van der Waals surface area contributed by atoms with Gasteiger partial charge in [-0.15, -0.1) is 0 Å². The second kappa shape index (κ2) is 9.59. The van der Waals surface area contributed by atoms with Gasteiger partial charge in [0.1, 0.15) is 5.75 Å². The third-order valence-corrected chi connectivity index (χ3v) is 4.56. The number of benzene rings is 2. The largest absolute Gasteiger partial charge is 0.495 e. The molecule has 0 saturated heterocycles. The van der Waals surface area contributed by atoms with Crippen LogP contribution >= 0.6 is 0 Å². The molecule has 150 valence electrons. The lowest BCUT2D eigenvalue weighted by Gasteiger charge is -2.14. The van der Waals surface area contributed by atoms with Crippen LogP contribution in [0.25, 0.3) is 11.3 Å². The van der Waals surface area contributed by atoms with Gasteiger partial charge in [-0.2, -0.15) is 0 Å². The summed E-state index contributed by atoms with van der Waals surface area (Å²) >= 11 is 0. The summed E-state index contributed by atoms with van der Waals surface area (Å²) in [6.07, 6.45) is 0.553. The lowest BCUT2D eigenvalue weighted by Crippen LogP contribution is -2.05. The van der Waals surface area contributed by atoms with E-state index in [0.717, 1.165) is 28.1 Å². The van der Waals surface area contributed by atoms with Crippen LogP contribution in [-0.2, 0) is 17.8 Å². The average molecular weight is 392 g/mol. The SMILES string of the molecule is COc1cc(CCC(=O)O)ccc1NCc1ccc(-c2ccccc2)nc1OC. The number of anilines is 1. The second-order valence-electron chi connectivity index (χ2n) is 6.51. The highest BCUT2D eigenvalue weighted by Crippen LogP contribution is 2.28. The molecule has 0 saturated carbocycles. The maximum Gasteiger partial charge on any atom is 0.303 e. The number of nitrogens with zero attached hydrogens (tertiary/aromatic N) is 1. The third-order valence-electron chi connectivity index (χ3n) is 4.56. The fourth-order valence-corrected chi connectivity index (χ4v) is 3.03. The summed E-state index contributed by atoms with van der Waals surface area (Å²) in [5.74, 6) is 0.418. The quantitative estimate of drug-likeness (QED) is 0.562. The molecule has 0 atom stereocenters. The fraction of sp³-hybridized carbons (Fsp3) is 0.217. The first-order chi connectivity index (χ1) is 14.1. The Labute approximate surface area is 170 Å². The maximum absolute atomic E-state index is 10.8. The molecule has 6 heteroatoms. The first-order valence-corrected chi connectivity index (χ1v) is 9.32. The number of carboxylic acids is 1. The van der Waals surface area contributed by atoms with Gasteiger partial charge in [-0.3, -0.25) is 4.79 Å². The van der Waals surface area contributed by atoms with E-state index in [1.807, 2.05) is 60.7 Å². The van der Waals surface area contributed by atoms with E-state index in [1.165, 1.54) is 0 Å². The van der Waals surface area contributed by atoms with E-state index in [2.05, 4.69) is 10.3 Å². The van der Waals surface area contributed by atoms with Crippen LogP contribution in [0.2, 0.25) is 0 Å². The van der Waals surface area contributed by atoms with Crippen molar-refractivity contribution >= 4 is 11.7 Å². The Morgan fingerprint density at radius 3 is 2.52 bits per heavy atom. The predicted octanol–water partition coefficient (Wildman–Crippen LogP) is 4.40. The number of carboxylic acid groups (broad SMARTS) is 1. The number of hydrogen-bond donors (Lipinski definition) is 2. The van der Waals surface area contributed by atoms with E-state index < -0.39 is 5.97 Å². The topological polar surface area (TPSA) is 80.7 Å². The van der Waals surface area contributed by atoms with Crippen LogP contribution in [0.4, 0.5) is 5.69 Å². The lowest BCUT2D eigenvalue weighted by molar-refractivity contribution is -0.136. The molecule has 3 rings (SSSR count). The normalized spacial score (nSPS) is 10.4. The zero-order valence-corrected chi connectivity index (χ0v) is 16.5. The standard InChI is InChI=1S/C23H24N2O4/c1-28-21-14-16(9-13-22(26)27)8-11-20(21)24-15-18-10-12-19(25-23(18)29-2)17-6-4-3-5-7-17/h3-8,10-12,14,24H,9,13,15H2,1-2H3,(H,26,27). The van der Waals surface area contributed by atoms with Crippen molar-refractivity contribution in [2.24, 2.45) is 0 Å². The summed E-state index contributed by atoms with van der Waals surface area (Å²) in [5.41, 5.74) is 4.54. The van der Waals surface area contributed by atoms with Crippen molar-refractivity contribution in [1.29, 1.82) is 0 Å². The van der Waals surface area contributed by atoms with Crippen LogP contribution in [0.15, 0.2) is 60.7 Å². The Bertz CT molecular complexity index is 974. The van der Waals surface area contributed by atoms with Crippen molar-refractivity contribution in [2.75, 3.05) is 19.5 Å². The highest BCUT2D eigenvalue weighted by atomic mass is 16.5. The van der Waals surface area contributed by atoms with Gasteiger partial charge >= 0.3 is 5.97 Å². The van der Waals surface area contributed by atoms with Gasteiger partial charge in [-0.05, 0) is 36.2 Å². The van der Waals surface area contributed by atoms with Crippen LogP contribution < -0.4 is 14.8 Å². The third kappa shape index (κ3) is 5.25. The predicted molar refractivity (Wildman–Crippen MR) is 113 cm³/mol. The minimum absolute atomic E-state index is 0.0898. The number of aliphatic carboxylic acids is 1. The molecule has 2 N–H and O–H groups in total. The Balaban J connectivity index is 1.74. The molecule has 29 heavy (non-hydrogen) atoms. The van der Waals surface area contributed by atoms with Gasteiger partial charge in [0.05, 0.1) is 25.6 Å². The molecule has 0 spiro atoms. The smallest absolute Gasteiger partial charge is 0.303 e. The van der Waals surface area contributed by atoms with E-state index in [4.69, 9.17) is 14.6 Å². The number of rotatable bonds is 9. The van der Waals surface area contributed by atoms with Crippen LogP contribution in [0.3, 0.4) is 0 Å². The van der Waals surface area contributed by atoms with E-state index in [1.54, 1.807) is 14.2 Å². The Hall–Kier alpha value is -3.54. The molecule has 3 aromatic rings. The minimum Gasteiger partial charge on any atom is -0.495 e. The van der Waals surface area contributed by atoms with Crippen LogP contribution in [-0.4, -0.2) is 30.3 Å². The fourth-order valence-electron chi connectivity index (χ4n) is 3.03. The lowest BCUT2D eigenvalue weighted by atomic mass is 10.1. The van der Waals surface area contributed by atoms with Crippen molar-refractivity contribution in [3.63, 3.8) is 0 Å². The summed E-state index contributed by atoms with van der Waals surface area (Å²) in [6.45, 7) is 0.510. The van der Waals surface area contributed by atoms with Gasteiger partial charge in [-0.25, -0.2) is 4.98 Å². The van der Waals surface area contributed by atoms with Crippen molar-refractivity contribution < 1.29 is 19.4 Å². The number of carbonyl (C=O) groups is 1. The molecule has 0 aliphatic carbocycles. The summed E-state index contributed by atoms with van der Waals surface area (Å²) in [4.78, 5) is 15.4. The average Bonchev–Trinajstić information content (AvgIpc) is 2.76. The van der Waals surface area contributed by atoms with Gasteiger partial charge in [0.15, 0.2) is 0 Å². The van der Waals surface area contributed by atoms with Crippen molar-refractivity contribution in [3.8, 4) is 22.9 Å². The van der Waals surface area contributed by atoms with Gasteiger partial charge in [-0.1, -0.05) is 36.4 Å². The summed E-state index contributed by atoms with van der Waals surface area (Å²) < 4.78 is 10.9. The monoisotopic (exact) mass is 392 g/mol. The zero-order chi connectivity index (χ0) is 20.6. The maximum atomic E-state index is 10.8. The number of ether oxygens (including phenoxy) is 2. The Morgan fingerprint density at radius 1 is 1.03 bits per heavy atom. The molecule has 1 aromatic heterocycles. The summed E-state index contributed by atoms with van der Waals surface area (Å²) in [6, 6.07) is 19.6. The first kappa shape index (κ1) is 20.2. The molecular formula is C23H24N2O4. The highest BCUT2D eigenvalue weighted by molar-refractivity contribution is 5.67.